The van der Waals surface area contributed by atoms with E-state index in [4.69, 9.17) is 27.9 Å². The second kappa shape index (κ2) is 9.26. The molecule has 8 heteroatoms. The fraction of sp³-hybridized carbons (Fsp3) is 0.368. The molecule has 0 aliphatic rings. The summed E-state index contributed by atoms with van der Waals surface area (Å²) < 4.78 is 5.05. The summed E-state index contributed by atoms with van der Waals surface area (Å²) >= 11 is 11.9. The first-order chi connectivity index (χ1) is 12.7. The van der Waals surface area contributed by atoms with Crippen LogP contribution in [0.3, 0.4) is 0 Å². The third-order valence-electron chi connectivity index (χ3n) is 4.18. The summed E-state index contributed by atoms with van der Waals surface area (Å²) in [6, 6.07) is 5.17. The molecule has 0 saturated carbocycles. The number of aliphatic hydroxyl groups is 1. The standard InChI is InChI=1S/C19H22Cl2N2O4/c1-10-17(12(3)24)11(2)23-18(10)19(26)27-9-16(25)22-7-6-13-4-5-14(20)8-15(13)21/h4-5,8,12,23-24H,6-7,9H2,1-3H3,(H,22,25)/t12-/m1/s1. The lowest BCUT2D eigenvalue weighted by atomic mass is 10.1. The van der Waals surface area contributed by atoms with Crippen molar-refractivity contribution in [1.29, 1.82) is 0 Å². The third kappa shape index (κ3) is 5.48. The van der Waals surface area contributed by atoms with Crippen LogP contribution in [0.1, 0.15) is 45.9 Å². The van der Waals surface area contributed by atoms with E-state index >= 15 is 0 Å². The minimum absolute atomic E-state index is 0.240. The van der Waals surface area contributed by atoms with Crippen molar-refractivity contribution >= 4 is 35.1 Å². The zero-order valence-corrected chi connectivity index (χ0v) is 16.9. The SMILES string of the molecule is Cc1[nH]c(C(=O)OCC(=O)NCCc2ccc(Cl)cc2Cl)c(C)c1[C@@H](C)O. The van der Waals surface area contributed by atoms with Crippen LogP contribution < -0.4 is 5.32 Å². The van der Waals surface area contributed by atoms with Gasteiger partial charge in [0.2, 0.25) is 0 Å². The number of esters is 1. The Morgan fingerprint density at radius 3 is 2.59 bits per heavy atom. The second-order valence-electron chi connectivity index (χ2n) is 6.25. The Labute approximate surface area is 167 Å². The Bertz CT molecular complexity index is 846. The first-order valence-electron chi connectivity index (χ1n) is 8.45. The van der Waals surface area contributed by atoms with E-state index in [2.05, 4.69) is 10.3 Å². The maximum absolute atomic E-state index is 12.2. The molecule has 1 atom stereocenters. The van der Waals surface area contributed by atoms with Crippen LogP contribution >= 0.6 is 23.2 Å². The lowest BCUT2D eigenvalue weighted by molar-refractivity contribution is -0.124. The van der Waals surface area contributed by atoms with Gasteiger partial charge in [-0.15, -0.1) is 0 Å². The molecule has 1 heterocycles. The summed E-state index contributed by atoms with van der Waals surface area (Å²) in [6.45, 7) is 5.07. The molecule has 0 unspecified atom stereocenters. The molecular weight excluding hydrogens is 391 g/mol. The maximum atomic E-state index is 12.2. The molecule has 3 N–H and O–H groups in total. The summed E-state index contributed by atoms with van der Waals surface area (Å²) in [5.74, 6) is -1.05. The molecule has 27 heavy (non-hydrogen) atoms. The zero-order chi connectivity index (χ0) is 20.1. The van der Waals surface area contributed by atoms with Crippen molar-refractivity contribution in [1.82, 2.24) is 10.3 Å². The van der Waals surface area contributed by atoms with Crippen LogP contribution in [-0.4, -0.2) is 35.1 Å². The Kier molecular flexibility index (Phi) is 7.30. The van der Waals surface area contributed by atoms with Gasteiger partial charge < -0.3 is 20.1 Å². The molecule has 0 saturated heterocycles. The first-order valence-corrected chi connectivity index (χ1v) is 9.21. The highest BCUT2D eigenvalue weighted by Crippen LogP contribution is 2.25. The lowest BCUT2D eigenvalue weighted by Crippen LogP contribution is -2.30. The molecule has 0 fully saturated rings. The van der Waals surface area contributed by atoms with Crippen molar-refractivity contribution in [2.75, 3.05) is 13.2 Å². The lowest BCUT2D eigenvalue weighted by Gasteiger charge is -2.08. The number of hydrogen-bond donors (Lipinski definition) is 3. The van der Waals surface area contributed by atoms with Crippen LogP contribution in [0.15, 0.2) is 18.2 Å². The van der Waals surface area contributed by atoms with Crippen LogP contribution in [-0.2, 0) is 16.0 Å². The maximum Gasteiger partial charge on any atom is 0.355 e. The number of rotatable bonds is 7. The van der Waals surface area contributed by atoms with Crippen LogP contribution in [0, 0.1) is 13.8 Å². The number of carbonyl (C=O) groups is 2. The van der Waals surface area contributed by atoms with E-state index in [1.165, 1.54) is 0 Å². The fourth-order valence-corrected chi connectivity index (χ4v) is 3.41. The van der Waals surface area contributed by atoms with Gasteiger partial charge in [0, 0.05) is 27.8 Å². The Balaban J connectivity index is 1.83. The molecule has 0 spiro atoms. The van der Waals surface area contributed by atoms with Crippen molar-refractivity contribution in [3.8, 4) is 0 Å². The quantitative estimate of drug-likeness (QED) is 0.606. The molecule has 6 nitrogen and oxygen atoms in total. The normalized spacial score (nSPS) is 11.9. The molecule has 0 aliphatic heterocycles. The molecule has 146 valence electrons. The highest BCUT2D eigenvalue weighted by molar-refractivity contribution is 6.35. The molecule has 0 aliphatic carbocycles. The van der Waals surface area contributed by atoms with Crippen molar-refractivity contribution in [3.63, 3.8) is 0 Å². The monoisotopic (exact) mass is 412 g/mol. The van der Waals surface area contributed by atoms with E-state index < -0.39 is 24.6 Å². The molecule has 2 aromatic rings. The predicted octanol–water partition coefficient (Wildman–Crippen LogP) is 3.51. The van der Waals surface area contributed by atoms with E-state index in [0.717, 1.165) is 5.56 Å². The number of H-pyrrole nitrogens is 1. The molecule has 1 aromatic heterocycles. The zero-order valence-electron chi connectivity index (χ0n) is 15.4. The molecule has 1 aromatic carbocycles. The van der Waals surface area contributed by atoms with Gasteiger partial charge in [-0.05, 0) is 50.5 Å². The summed E-state index contributed by atoms with van der Waals surface area (Å²) in [7, 11) is 0. The van der Waals surface area contributed by atoms with Crippen molar-refractivity contribution in [2.45, 2.75) is 33.3 Å². The summed E-state index contributed by atoms with van der Waals surface area (Å²) in [5, 5.41) is 13.5. The average molecular weight is 413 g/mol. The number of aliphatic hydroxyl groups excluding tert-OH is 1. The van der Waals surface area contributed by atoms with Crippen LogP contribution in [0.5, 0.6) is 0 Å². The van der Waals surface area contributed by atoms with Crippen molar-refractivity contribution < 1.29 is 19.4 Å². The van der Waals surface area contributed by atoms with Crippen LogP contribution in [0.25, 0.3) is 0 Å². The second-order valence-corrected chi connectivity index (χ2v) is 7.10. The van der Waals surface area contributed by atoms with Gasteiger partial charge in [-0.25, -0.2) is 4.79 Å². The highest BCUT2D eigenvalue weighted by Gasteiger charge is 2.21. The van der Waals surface area contributed by atoms with E-state index in [1.54, 1.807) is 39.0 Å². The highest BCUT2D eigenvalue weighted by atomic mass is 35.5. The molecule has 0 bridgehead atoms. The summed E-state index contributed by atoms with van der Waals surface area (Å²) in [4.78, 5) is 27.0. The van der Waals surface area contributed by atoms with Gasteiger partial charge in [-0.3, -0.25) is 4.79 Å². The van der Waals surface area contributed by atoms with E-state index in [1.807, 2.05) is 0 Å². The fourth-order valence-electron chi connectivity index (χ4n) is 2.91. The Hall–Kier alpha value is -2.02. The molecule has 1 amide bonds. The minimum Gasteiger partial charge on any atom is -0.451 e. The number of aromatic amines is 1. The first kappa shape index (κ1) is 21.3. The molecule has 2 rings (SSSR count). The molecule has 0 radical (unpaired) electrons. The van der Waals surface area contributed by atoms with Gasteiger partial charge in [0.05, 0.1) is 6.10 Å². The topological polar surface area (TPSA) is 91.4 Å². The summed E-state index contributed by atoms with van der Waals surface area (Å²) in [5.41, 5.74) is 3.07. The van der Waals surface area contributed by atoms with Gasteiger partial charge in [-0.1, -0.05) is 29.3 Å². The predicted molar refractivity (Wildman–Crippen MR) is 104 cm³/mol. The smallest absolute Gasteiger partial charge is 0.355 e. The van der Waals surface area contributed by atoms with Crippen LogP contribution in [0.2, 0.25) is 10.0 Å². The van der Waals surface area contributed by atoms with Gasteiger partial charge in [-0.2, -0.15) is 0 Å². The minimum atomic E-state index is -0.703. The number of carbonyl (C=O) groups excluding carboxylic acids is 2. The summed E-state index contributed by atoms with van der Waals surface area (Å²) in [6.07, 6.45) is -0.173. The van der Waals surface area contributed by atoms with Gasteiger partial charge in [0.25, 0.3) is 5.91 Å². The van der Waals surface area contributed by atoms with Crippen molar-refractivity contribution in [2.24, 2.45) is 0 Å². The number of hydrogen-bond acceptors (Lipinski definition) is 4. The Morgan fingerprint density at radius 2 is 2.00 bits per heavy atom. The van der Waals surface area contributed by atoms with Gasteiger partial charge in [0.15, 0.2) is 6.61 Å². The van der Waals surface area contributed by atoms with Crippen LogP contribution in [0.4, 0.5) is 0 Å². The van der Waals surface area contributed by atoms with Crippen molar-refractivity contribution in [3.05, 3.63) is 56.3 Å². The third-order valence-corrected chi connectivity index (χ3v) is 4.77. The van der Waals surface area contributed by atoms with E-state index in [9.17, 15) is 14.7 Å². The van der Waals surface area contributed by atoms with Gasteiger partial charge in [0.1, 0.15) is 5.69 Å². The number of halogens is 2. The van der Waals surface area contributed by atoms with E-state index in [-0.39, 0.29) is 5.69 Å². The largest absolute Gasteiger partial charge is 0.451 e. The molecular formula is C19H22Cl2N2O4. The number of amides is 1. The Morgan fingerprint density at radius 1 is 1.30 bits per heavy atom. The number of nitrogens with one attached hydrogen (secondary N) is 2. The number of ether oxygens (including phenoxy) is 1. The van der Waals surface area contributed by atoms with E-state index in [0.29, 0.717) is 39.8 Å². The average Bonchev–Trinajstić information content (AvgIpc) is 2.89. The van der Waals surface area contributed by atoms with Gasteiger partial charge >= 0.3 is 5.97 Å². The number of aromatic nitrogens is 1. The number of benzene rings is 1. The number of aryl methyl sites for hydroxylation is 1.